The summed E-state index contributed by atoms with van der Waals surface area (Å²) in [5.41, 5.74) is 1.73. The number of Topliss-reactive ketones (excluding diaryl/α,β-unsaturated/α-hetero) is 2. The number of halogens is 1. The zero-order chi connectivity index (χ0) is 19.5. The van der Waals surface area contributed by atoms with Gasteiger partial charge in [0.25, 0.3) is 0 Å². The first-order valence-corrected chi connectivity index (χ1v) is 11.5. The first-order chi connectivity index (χ1) is 13.2. The third-order valence-electron chi connectivity index (χ3n) is 5.44. The lowest BCUT2D eigenvalue weighted by Gasteiger charge is -2.17. The molecule has 2 nitrogen and oxygen atoms in total. The van der Waals surface area contributed by atoms with Crippen LogP contribution >= 0.6 is 15.9 Å². The number of unbranched alkanes of at least 4 members (excludes halogenated alkanes) is 11. The summed E-state index contributed by atoms with van der Waals surface area (Å²) < 4.78 is 0.467. The molecule has 0 amide bonds. The minimum atomic E-state index is -0.0564. The Morgan fingerprint density at radius 2 is 1.11 bits per heavy atom. The number of fused-ring (bicyclic) bond motifs is 1. The first kappa shape index (κ1) is 22.1. The van der Waals surface area contributed by atoms with Crippen molar-refractivity contribution in [2.45, 2.75) is 90.4 Å². The fourth-order valence-electron chi connectivity index (χ4n) is 3.76. The number of carbonyl (C=O) groups is 2. The Hall–Kier alpha value is -1.22. The summed E-state index contributed by atoms with van der Waals surface area (Å²) in [6.45, 7) is 2.26. The summed E-state index contributed by atoms with van der Waals surface area (Å²) in [5.74, 6) is -0.0423. The van der Waals surface area contributed by atoms with Crippen LogP contribution in [-0.4, -0.2) is 11.6 Å². The third kappa shape index (κ3) is 6.71. The SMILES string of the molecule is CCCCCCCCCCCCCCC1=C(Br)C(=O)c2ccccc2C1=O. The second kappa shape index (κ2) is 12.3. The van der Waals surface area contributed by atoms with Crippen molar-refractivity contribution in [3.8, 4) is 0 Å². The van der Waals surface area contributed by atoms with Gasteiger partial charge in [-0.15, -0.1) is 0 Å². The molecule has 27 heavy (non-hydrogen) atoms. The molecule has 0 heterocycles. The fraction of sp³-hybridized carbons (Fsp3) is 0.583. The second-order valence-electron chi connectivity index (χ2n) is 7.64. The molecule has 0 N–H and O–H groups in total. The quantitative estimate of drug-likeness (QED) is 0.297. The zero-order valence-corrected chi connectivity index (χ0v) is 18.3. The molecule has 148 valence electrons. The average Bonchev–Trinajstić information content (AvgIpc) is 2.69. The Morgan fingerprint density at radius 3 is 1.63 bits per heavy atom. The number of carbonyl (C=O) groups excluding carboxylic acids is 2. The molecule has 0 saturated heterocycles. The molecule has 3 heteroatoms. The van der Waals surface area contributed by atoms with Crippen LogP contribution in [0.5, 0.6) is 0 Å². The Kier molecular flexibility index (Phi) is 10.0. The van der Waals surface area contributed by atoms with Crippen molar-refractivity contribution in [1.29, 1.82) is 0 Å². The van der Waals surface area contributed by atoms with E-state index in [0.717, 1.165) is 12.8 Å². The standard InChI is InChI=1S/C24H33BrO2/c1-2-3-4-5-6-7-8-9-10-11-12-13-18-21-22(25)24(27)20-17-15-14-16-19(20)23(21)26/h14-17H,2-13,18H2,1H3. The van der Waals surface area contributed by atoms with Crippen molar-refractivity contribution in [1.82, 2.24) is 0 Å². The highest BCUT2D eigenvalue weighted by Crippen LogP contribution is 2.32. The van der Waals surface area contributed by atoms with Crippen molar-refractivity contribution in [2.24, 2.45) is 0 Å². The van der Waals surface area contributed by atoms with Crippen LogP contribution in [0.2, 0.25) is 0 Å². The maximum absolute atomic E-state index is 12.7. The van der Waals surface area contributed by atoms with E-state index in [4.69, 9.17) is 0 Å². The summed E-state index contributed by atoms with van der Waals surface area (Å²) in [6, 6.07) is 7.12. The van der Waals surface area contributed by atoms with Crippen molar-refractivity contribution >= 4 is 27.5 Å². The van der Waals surface area contributed by atoms with Crippen LogP contribution in [0.1, 0.15) is 111 Å². The summed E-state index contributed by atoms with van der Waals surface area (Å²) in [5, 5.41) is 0. The van der Waals surface area contributed by atoms with Gasteiger partial charge < -0.3 is 0 Å². The van der Waals surface area contributed by atoms with Gasteiger partial charge in [0.2, 0.25) is 5.78 Å². The van der Waals surface area contributed by atoms with Crippen molar-refractivity contribution in [3.63, 3.8) is 0 Å². The van der Waals surface area contributed by atoms with E-state index in [-0.39, 0.29) is 11.6 Å². The Bertz CT molecular complexity index is 660. The summed E-state index contributed by atoms with van der Waals surface area (Å²) in [4.78, 5) is 25.1. The summed E-state index contributed by atoms with van der Waals surface area (Å²) in [7, 11) is 0. The predicted molar refractivity (Wildman–Crippen MR) is 117 cm³/mol. The van der Waals surface area contributed by atoms with Crippen LogP contribution in [0.15, 0.2) is 34.3 Å². The van der Waals surface area contributed by atoms with E-state index in [1.54, 1.807) is 18.2 Å². The molecule has 0 aromatic heterocycles. The predicted octanol–water partition coefficient (Wildman–Crippen LogP) is 7.81. The van der Waals surface area contributed by atoms with Crippen LogP contribution in [0, 0.1) is 0 Å². The van der Waals surface area contributed by atoms with Crippen LogP contribution in [0.25, 0.3) is 0 Å². The molecule has 1 aliphatic rings. The third-order valence-corrected chi connectivity index (χ3v) is 6.27. The minimum Gasteiger partial charge on any atom is -0.289 e. The molecule has 0 radical (unpaired) electrons. The number of rotatable bonds is 13. The number of allylic oxidation sites excluding steroid dienone is 2. The lowest BCUT2D eigenvalue weighted by Crippen LogP contribution is -2.19. The van der Waals surface area contributed by atoms with Gasteiger partial charge in [0.15, 0.2) is 5.78 Å². The van der Waals surface area contributed by atoms with Gasteiger partial charge in [0, 0.05) is 16.7 Å². The van der Waals surface area contributed by atoms with Gasteiger partial charge in [0.05, 0.1) is 4.48 Å². The van der Waals surface area contributed by atoms with Crippen LogP contribution < -0.4 is 0 Å². The monoisotopic (exact) mass is 432 g/mol. The average molecular weight is 433 g/mol. The van der Waals surface area contributed by atoms with Crippen LogP contribution in [0.4, 0.5) is 0 Å². The van der Waals surface area contributed by atoms with Crippen LogP contribution in [-0.2, 0) is 0 Å². The number of hydrogen-bond acceptors (Lipinski definition) is 2. The van der Waals surface area contributed by atoms with Gasteiger partial charge in [-0.2, -0.15) is 0 Å². The molecule has 1 aromatic carbocycles. The lowest BCUT2D eigenvalue weighted by molar-refractivity contribution is 0.0979. The maximum Gasteiger partial charge on any atom is 0.201 e. The van der Waals surface area contributed by atoms with E-state index in [1.807, 2.05) is 6.07 Å². The van der Waals surface area contributed by atoms with Crippen molar-refractivity contribution < 1.29 is 9.59 Å². The minimum absolute atomic E-state index is 0.0140. The second-order valence-corrected chi connectivity index (χ2v) is 8.43. The largest absolute Gasteiger partial charge is 0.289 e. The van der Waals surface area contributed by atoms with Crippen molar-refractivity contribution in [3.05, 3.63) is 45.4 Å². The maximum atomic E-state index is 12.7. The van der Waals surface area contributed by atoms with E-state index < -0.39 is 0 Å². The fourth-order valence-corrected chi connectivity index (χ4v) is 4.35. The van der Waals surface area contributed by atoms with E-state index in [1.165, 1.54) is 64.2 Å². The number of hydrogen-bond donors (Lipinski definition) is 0. The summed E-state index contributed by atoms with van der Waals surface area (Å²) >= 11 is 3.37. The molecule has 0 unspecified atom stereocenters. The van der Waals surface area contributed by atoms with Gasteiger partial charge >= 0.3 is 0 Å². The van der Waals surface area contributed by atoms with Gasteiger partial charge in [-0.05, 0) is 28.8 Å². The Morgan fingerprint density at radius 1 is 0.667 bits per heavy atom. The van der Waals surface area contributed by atoms with Gasteiger partial charge in [-0.25, -0.2) is 0 Å². The number of ketones is 2. The van der Waals surface area contributed by atoms with Gasteiger partial charge in [-0.3, -0.25) is 9.59 Å². The molecule has 0 spiro atoms. The first-order valence-electron chi connectivity index (χ1n) is 10.7. The zero-order valence-electron chi connectivity index (χ0n) is 16.7. The van der Waals surface area contributed by atoms with E-state index in [0.29, 0.717) is 27.6 Å². The molecule has 0 fully saturated rings. The molecule has 0 bridgehead atoms. The summed E-state index contributed by atoms with van der Waals surface area (Å²) in [6.07, 6.45) is 16.2. The normalized spacial score (nSPS) is 14.0. The molecule has 1 aromatic rings. The van der Waals surface area contributed by atoms with E-state index in [2.05, 4.69) is 22.9 Å². The van der Waals surface area contributed by atoms with Gasteiger partial charge in [0.1, 0.15) is 0 Å². The molecular formula is C24H33BrO2. The number of benzene rings is 1. The Balaban J connectivity index is 1.61. The van der Waals surface area contributed by atoms with Crippen molar-refractivity contribution in [2.75, 3.05) is 0 Å². The molecule has 0 atom stereocenters. The highest BCUT2D eigenvalue weighted by Gasteiger charge is 2.29. The molecule has 0 aliphatic heterocycles. The molecular weight excluding hydrogens is 400 g/mol. The lowest BCUT2D eigenvalue weighted by atomic mass is 9.87. The molecule has 2 rings (SSSR count). The highest BCUT2D eigenvalue weighted by molar-refractivity contribution is 9.12. The van der Waals surface area contributed by atoms with Gasteiger partial charge in [-0.1, -0.05) is 102 Å². The topological polar surface area (TPSA) is 34.1 Å². The molecule has 0 saturated carbocycles. The van der Waals surface area contributed by atoms with Crippen LogP contribution in [0.3, 0.4) is 0 Å². The Labute approximate surface area is 172 Å². The van der Waals surface area contributed by atoms with E-state index >= 15 is 0 Å². The van der Waals surface area contributed by atoms with E-state index in [9.17, 15) is 9.59 Å². The smallest absolute Gasteiger partial charge is 0.201 e. The highest BCUT2D eigenvalue weighted by atomic mass is 79.9. The molecule has 1 aliphatic carbocycles.